The first-order chi connectivity index (χ1) is 10.1. The van der Waals surface area contributed by atoms with E-state index in [1.54, 1.807) is 19.1 Å². The lowest BCUT2D eigenvalue weighted by atomic mass is 10.0. The van der Waals surface area contributed by atoms with Crippen LogP contribution >= 0.6 is 0 Å². The zero-order chi connectivity index (χ0) is 15.8. The predicted octanol–water partition coefficient (Wildman–Crippen LogP) is 4.29. The van der Waals surface area contributed by atoms with Crippen molar-refractivity contribution >= 4 is 5.69 Å². The average Bonchev–Trinajstić information content (AvgIpc) is 2.49. The summed E-state index contributed by atoms with van der Waals surface area (Å²) in [7, 11) is 0. The maximum Gasteiger partial charge on any atom is 0.272 e. The minimum atomic E-state index is -0.346. The number of hydrogen-bond acceptors (Lipinski definition) is 2. The van der Waals surface area contributed by atoms with Crippen LogP contribution in [0.15, 0.2) is 42.7 Å². The van der Waals surface area contributed by atoms with Crippen LogP contribution in [0.3, 0.4) is 0 Å². The van der Waals surface area contributed by atoms with E-state index in [1.165, 1.54) is 0 Å². The molecule has 21 heavy (non-hydrogen) atoms. The van der Waals surface area contributed by atoms with Gasteiger partial charge in [0.2, 0.25) is 0 Å². The number of nitro groups is 1. The van der Waals surface area contributed by atoms with Crippen molar-refractivity contribution in [2.45, 2.75) is 40.7 Å². The van der Waals surface area contributed by atoms with Crippen LogP contribution in [0, 0.1) is 17.0 Å². The van der Waals surface area contributed by atoms with Crippen molar-refractivity contribution in [3.8, 4) is 11.1 Å². The normalized spacial score (nSPS) is 9.71. The largest absolute Gasteiger partial charge is 0.272 e. The molecule has 112 valence electrons. The molecule has 1 aromatic carbocycles. The first-order valence-electron chi connectivity index (χ1n) is 7.36. The molecule has 0 N–H and O–H groups in total. The first-order valence-corrected chi connectivity index (χ1v) is 7.36. The van der Waals surface area contributed by atoms with E-state index in [2.05, 4.69) is 17.7 Å². The van der Waals surface area contributed by atoms with Gasteiger partial charge in [0.05, 0.1) is 4.92 Å². The molecule has 0 unspecified atom stereocenters. The average molecular weight is 287 g/mol. The van der Waals surface area contributed by atoms with Gasteiger partial charge in [-0.3, -0.25) is 10.1 Å². The van der Waals surface area contributed by atoms with Crippen LogP contribution in [0.25, 0.3) is 11.1 Å². The van der Waals surface area contributed by atoms with Crippen molar-refractivity contribution in [1.82, 2.24) is 0 Å². The van der Waals surface area contributed by atoms with Gasteiger partial charge >= 0.3 is 0 Å². The molecule has 0 aliphatic rings. The highest BCUT2D eigenvalue weighted by molar-refractivity contribution is 5.65. The summed E-state index contributed by atoms with van der Waals surface area (Å²) in [5.74, 6) is 0. The lowest BCUT2D eigenvalue weighted by molar-refractivity contribution is -0.696. The van der Waals surface area contributed by atoms with E-state index in [0.717, 1.165) is 24.1 Å². The van der Waals surface area contributed by atoms with Crippen molar-refractivity contribution < 1.29 is 9.49 Å². The van der Waals surface area contributed by atoms with E-state index in [4.69, 9.17) is 0 Å². The summed E-state index contributed by atoms with van der Waals surface area (Å²) >= 11 is 0. The van der Waals surface area contributed by atoms with Crippen molar-refractivity contribution in [1.29, 1.82) is 0 Å². The molecule has 2 rings (SSSR count). The zero-order valence-corrected chi connectivity index (χ0v) is 13.2. The number of benzene rings is 1. The van der Waals surface area contributed by atoms with Gasteiger partial charge in [-0.05, 0) is 30.7 Å². The summed E-state index contributed by atoms with van der Waals surface area (Å²) in [5, 5.41) is 10.8. The van der Waals surface area contributed by atoms with Crippen molar-refractivity contribution in [2.75, 3.05) is 0 Å². The third kappa shape index (κ3) is 4.38. The van der Waals surface area contributed by atoms with Crippen LogP contribution in [0.1, 0.15) is 32.8 Å². The second-order valence-corrected chi connectivity index (χ2v) is 4.59. The molecule has 1 aromatic heterocycles. The molecular weight excluding hydrogens is 264 g/mol. The second-order valence-electron chi connectivity index (χ2n) is 4.59. The van der Waals surface area contributed by atoms with E-state index >= 15 is 0 Å². The monoisotopic (exact) mass is 287 g/mol. The van der Waals surface area contributed by atoms with Crippen molar-refractivity contribution in [3.05, 3.63) is 58.4 Å². The van der Waals surface area contributed by atoms with Crippen LogP contribution in [0.4, 0.5) is 5.69 Å². The molecule has 2 aromatic rings. The van der Waals surface area contributed by atoms with Crippen LogP contribution in [0.2, 0.25) is 0 Å². The van der Waals surface area contributed by atoms with Gasteiger partial charge in [0.25, 0.3) is 5.69 Å². The van der Waals surface area contributed by atoms with Gasteiger partial charge in [-0.2, -0.15) is 0 Å². The molecule has 0 saturated heterocycles. The van der Waals surface area contributed by atoms with E-state index in [-0.39, 0.29) is 10.6 Å². The molecule has 4 heteroatoms. The van der Waals surface area contributed by atoms with Gasteiger partial charge in [0.1, 0.15) is 6.54 Å². The Morgan fingerprint density at radius 1 is 1.19 bits per heavy atom. The topological polar surface area (TPSA) is 47.0 Å². The zero-order valence-electron chi connectivity index (χ0n) is 13.2. The number of pyridine rings is 1. The standard InChI is InChI=1S/C15H17N2O2.C2H6/c1-3-8-16-9-4-5-14(11-16)13-6-7-15(17(18)19)12(2)10-13;1-2/h4-7,9-11H,3,8H2,1-2H3;1-2H3/q+1;. The molecule has 0 amide bonds. The summed E-state index contributed by atoms with van der Waals surface area (Å²) in [6.07, 6.45) is 5.18. The Hall–Kier alpha value is -2.23. The van der Waals surface area contributed by atoms with E-state index < -0.39 is 0 Å². The molecule has 4 nitrogen and oxygen atoms in total. The number of rotatable bonds is 4. The van der Waals surface area contributed by atoms with Gasteiger partial charge in [-0.15, -0.1) is 0 Å². The van der Waals surface area contributed by atoms with Gasteiger partial charge in [0.15, 0.2) is 12.4 Å². The molecule has 0 aliphatic heterocycles. The summed E-state index contributed by atoms with van der Waals surface area (Å²) in [6.45, 7) is 8.88. The Morgan fingerprint density at radius 3 is 2.48 bits per heavy atom. The van der Waals surface area contributed by atoms with Gasteiger partial charge in [0, 0.05) is 29.7 Å². The van der Waals surface area contributed by atoms with E-state index in [0.29, 0.717) is 5.56 Å². The lowest BCUT2D eigenvalue weighted by Gasteiger charge is -2.03. The molecule has 0 spiro atoms. The molecule has 0 aliphatic carbocycles. The minimum absolute atomic E-state index is 0.168. The summed E-state index contributed by atoms with van der Waals surface area (Å²) in [5.41, 5.74) is 2.94. The fourth-order valence-corrected chi connectivity index (χ4v) is 2.13. The maximum atomic E-state index is 10.8. The van der Waals surface area contributed by atoms with Gasteiger partial charge in [-0.1, -0.05) is 20.8 Å². The SMILES string of the molecule is CC.CCC[n+]1cccc(-c2ccc([N+](=O)[O-])c(C)c2)c1. The smallest absolute Gasteiger partial charge is 0.258 e. The van der Waals surface area contributed by atoms with E-state index in [1.807, 2.05) is 38.2 Å². The fraction of sp³-hybridized carbons (Fsp3) is 0.353. The molecule has 0 radical (unpaired) electrons. The Morgan fingerprint density at radius 2 is 1.90 bits per heavy atom. The molecule has 0 atom stereocenters. The number of nitro benzene ring substituents is 1. The third-order valence-corrected chi connectivity index (χ3v) is 3.07. The molecule has 0 saturated carbocycles. The Bertz CT molecular complexity index is 609. The van der Waals surface area contributed by atoms with Gasteiger partial charge < -0.3 is 0 Å². The Kier molecular flexibility index (Phi) is 6.53. The number of aromatic nitrogens is 1. The second kappa shape index (κ2) is 8.15. The highest BCUT2D eigenvalue weighted by Gasteiger charge is 2.12. The van der Waals surface area contributed by atoms with Crippen molar-refractivity contribution in [3.63, 3.8) is 0 Å². The van der Waals surface area contributed by atoms with Crippen LogP contribution < -0.4 is 4.57 Å². The quantitative estimate of drug-likeness (QED) is 0.478. The number of nitrogens with zero attached hydrogens (tertiary/aromatic N) is 2. The molecule has 1 heterocycles. The van der Waals surface area contributed by atoms with Crippen LogP contribution in [0.5, 0.6) is 0 Å². The molecular formula is C17H23N2O2+. The van der Waals surface area contributed by atoms with Crippen molar-refractivity contribution in [2.24, 2.45) is 0 Å². The Labute approximate surface area is 126 Å². The number of hydrogen-bond donors (Lipinski definition) is 0. The third-order valence-electron chi connectivity index (χ3n) is 3.07. The number of aryl methyl sites for hydroxylation is 2. The maximum absolute atomic E-state index is 10.8. The fourth-order valence-electron chi connectivity index (χ4n) is 2.13. The summed E-state index contributed by atoms with van der Waals surface area (Å²) in [6, 6.07) is 9.26. The minimum Gasteiger partial charge on any atom is -0.258 e. The summed E-state index contributed by atoms with van der Waals surface area (Å²) < 4.78 is 2.13. The van der Waals surface area contributed by atoms with Gasteiger partial charge in [-0.25, -0.2) is 4.57 Å². The highest BCUT2D eigenvalue weighted by Crippen LogP contribution is 2.25. The first kappa shape index (κ1) is 16.8. The van der Waals surface area contributed by atoms with E-state index in [9.17, 15) is 10.1 Å². The molecule has 0 bridgehead atoms. The Balaban J connectivity index is 0.00000106. The van der Waals surface area contributed by atoms with Crippen LogP contribution in [-0.2, 0) is 6.54 Å². The highest BCUT2D eigenvalue weighted by atomic mass is 16.6. The lowest BCUT2D eigenvalue weighted by Crippen LogP contribution is -2.32. The molecule has 0 fully saturated rings. The van der Waals surface area contributed by atoms with Crippen LogP contribution in [-0.4, -0.2) is 4.92 Å². The summed E-state index contributed by atoms with van der Waals surface area (Å²) in [4.78, 5) is 10.5. The predicted molar refractivity (Wildman–Crippen MR) is 85.1 cm³/mol.